The van der Waals surface area contributed by atoms with Gasteiger partial charge in [0.2, 0.25) is 0 Å². The first-order valence-corrected chi connectivity index (χ1v) is 7.00. The zero-order valence-corrected chi connectivity index (χ0v) is 12.7. The van der Waals surface area contributed by atoms with Gasteiger partial charge in [-0.15, -0.1) is 0 Å². The number of carbonyl (C=O) groups is 1. The van der Waals surface area contributed by atoms with Crippen molar-refractivity contribution in [2.45, 2.75) is 32.9 Å². The van der Waals surface area contributed by atoms with E-state index in [-0.39, 0.29) is 31.0 Å². The van der Waals surface area contributed by atoms with Crippen molar-refractivity contribution >= 4 is 18.5 Å². The van der Waals surface area contributed by atoms with Crippen molar-refractivity contribution in [3.63, 3.8) is 0 Å². The fourth-order valence-corrected chi connectivity index (χ4v) is 2.21. The summed E-state index contributed by atoms with van der Waals surface area (Å²) in [5.74, 6) is 0.169. The molecule has 0 bridgehead atoms. The summed E-state index contributed by atoms with van der Waals surface area (Å²) in [5, 5.41) is 0. The molecule has 0 N–H and O–H groups in total. The van der Waals surface area contributed by atoms with Crippen molar-refractivity contribution in [2.24, 2.45) is 0 Å². The molecule has 2 rings (SSSR count). The fourth-order valence-electron chi connectivity index (χ4n) is 2.21. The lowest BCUT2D eigenvalue weighted by Gasteiger charge is -2.27. The second-order valence-electron chi connectivity index (χ2n) is 6.15. The van der Waals surface area contributed by atoms with Crippen molar-refractivity contribution < 1.29 is 27.2 Å². The highest BCUT2D eigenvalue weighted by molar-refractivity contribution is 6.74. The summed E-state index contributed by atoms with van der Waals surface area (Å²) in [6.07, 6.45) is -0.645. The minimum atomic E-state index is -5.18. The van der Waals surface area contributed by atoms with Gasteiger partial charge in [-0.3, -0.25) is 0 Å². The van der Waals surface area contributed by atoms with Gasteiger partial charge in [0.15, 0.2) is 0 Å². The van der Waals surface area contributed by atoms with Crippen LogP contribution in [-0.2, 0) is 11.3 Å². The molecule has 0 aromatic heterocycles. The Hall–Kier alpha value is -1.86. The second-order valence-corrected chi connectivity index (χ2v) is 6.15. The highest BCUT2D eigenvalue weighted by Gasteiger charge is 2.33. The summed E-state index contributed by atoms with van der Waals surface area (Å²) >= 11 is 0. The molecule has 1 heterocycles. The average Bonchev–Trinajstić information content (AvgIpc) is 2.56. The zero-order chi connectivity index (χ0) is 16.5. The van der Waals surface area contributed by atoms with E-state index in [1.54, 1.807) is 20.8 Å². The van der Waals surface area contributed by atoms with Crippen molar-refractivity contribution in [1.29, 1.82) is 0 Å². The van der Waals surface area contributed by atoms with E-state index in [1.165, 1.54) is 17.0 Å². The number of rotatable bonds is 1. The maximum Gasteiger partial charge on any atom is 0.510 e. The molecule has 122 valence electrons. The molecule has 0 aliphatic carbocycles. The van der Waals surface area contributed by atoms with Crippen LogP contribution in [0.1, 0.15) is 26.3 Å². The summed E-state index contributed by atoms with van der Waals surface area (Å²) in [5.41, 5.74) is -1.45. The van der Waals surface area contributed by atoms with Crippen LogP contribution in [0.25, 0.3) is 0 Å². The topological polar surface area (TPSA) is 38.8 Å². The summed E-state index contributed by atoms with van der Waals surface area (Å²) < 4.78 is 50.1. The van der Waals surface area contributed by atoms with Gasteiger partial charge in [0.1, 0.15) is 18.0 Å². The lowest BCUT2D eigenvalue weighted by molar-refractivity contribution is 0.0225. The Kier molecular flexibility index (Phi) is 4.31. The largest absolute Gasteiger partial charge is 0.510 e. The summed E-state index contributed by atoms with van der Waals surface area (Å²) in [6, 6.07) is 3.81. The maximum atomic E-state index is 13.2. The molecule has 0 atom stereocenters. The predicted octanol–water partition coefficient (Wildman–Crippen LogP) is 2.87. The summed E-state index contributed by atoms with van der Waals surface area (Å²) in [7, 11) is 0. The van der Waals surface area contributed by atoms with Gasteiger partial charge in [-0.05, 0) is 32.4 Å². The molecule has 1 aromatic carbocycles. The summed E-state index contributed by atoms with van der Waals surface area (Å²) in [6.45, 7) is 0.0605. The molecule has 0 radical (unpaired) electrons. The van der Waals surface area contributed by atoms with E-state index in [0.29, 0.717) is 0 Å². The van der Waals surface area contributed by atoms with Gasteiger partial charge >= 0.3 is 13.1 Å². The van der Waals surface area contributed by atoms with Crippen molar-refractivity contribution in [1.82, 2.24) is 4.90 Å². The third-order valence-electron chi connectivity index (χ3n) is 3.14. The monoisotopic (exact) mass is 316 g/mol. The molecule has 1 aromatic rings. The number of hydrogen-bond donors (Lipinski definition) is 0. The third kappa shape index (κ3) is 3.87. The quantitative estimate of drug-likeness (QED) is 0.748. The molecule has 0 saturated carbocycles. The molecule has 0 unspecified atom stereocenters. The van der Waals surface area contributed by atoms with Crippen LogP contribution < -0.4 is 10.2 Å². The van der Waals surface area contributed by atoms with Gasteiger partial charge in [0.25, 0.3) is 0 Å². The zero-order valence-electron chi connectivity index (χ0n) is 12.7. The standard InChI is InChI=1S/C14H18BF3NO3/c1-14(2,3)22-13(20)19-7-8-21-12-6-4-5-11(10(12)9-19)15(16,17)18/h4-6H,7-9H2,1-3H3/q-1. The molecule has 1 amide bonds. The van der Waals surface area contributed by atoms with E-state index in [4.69, 9.17) is 9.47 Å². The Balaban J connectivity index is 2.31. The van der Waals surface area contributed by atoms with Crippen LogP contribution in [0, 0.1) is 0 Å². The van der Waals surface area contributed by atoms with Gasteiger partial charge in [0.05, 0.1) is 6.54 Å². The van der Waals surface area contributed by atoms with Gasteiger partial charge in [-0.2, -0.15) is 0 Å². The maximum absolute atomic E-state index is 13.2. The summed E-state index contributed by atoms with van der Waals surface area (Å²) in [4.78, 5) is 13.3. The molecule has 22 heavy (non-hydrogen) atoms. The van der Waals surface area contributed by atoms with E-state index in [1.807, 2.05) is 0 Å². The van der Waals surface area contributed by atoms with Gasteiger partial charge in [-0.25, -0.2) is 4.79 Å². The smallest absolute Gasteiger partial charge is 0.492 e. The highest BCUT2D eigenvalue weighted by Crippen LogP contribution is 2.25. The SMILES string of the molecule is CC(C)(C)OC(=O)N1CCOc2cccc([B-](F)(F)F)c2C1. The second kappa shape index (κ2) is 5.74. The van der Waals surface area contributed by atoms with Crippen LogP contribution in [-0.4, -0.2) is 36.7 Å². The van der Waals surface area contributed by atoms with Crippen LogP contribution in [0.4, 0.5) is 17.7 Å². The normalized spacial score (nSPS) is 15.6. The van der Waals surface area contributed by atoms with E-state index in [9.17, 15) is 17.7 Å². The molecular weight excluding hydrogens is 298 g/mol. The van der Waals surface area contributed by atoms with Crippen LogP contribution >= 0.6 is 0 Å². The lowest BCUT2D eigenvalue weighted by Crippen LogP contribution is -2.41. The fraction of sp³-hybridized carbons (Fsp3) is 0.500. The van der Waals surface area contributed by atoms with Crippen LogP contribution in [0.3, 0.4) is 0 Å². The van der Waals surface area contributed by atoms with Crippen molar-refractivity contribution in [3.05, 3.63) is 23.8 Å². The molecule has 8 heteroatoms. The van der Waals surface area contributed by atoms with Gasteiger partial charge < -0.3 is 27.3 Å². The predicted molar refractivity (Wildman–Crippen MR) is 77.3 cm³/mol. The first-order chi connectivity index (χ1) is 10.1. The minimum absolute atomic E-state index is 0.0154. The Morgan fingerprint density at radius 1 is 1.32 bits per heavy atom. The molecule has 0 fully saturated rings. The van der Waals surface area contributed by atoms with Gasteiger partial charge in [0, 0.05) is 6.54 Å². The Labute approximate surface area is 127 Å². The van der Waals surface area contributed by atoms with E-state index >= 15 is 0 Å². The highest BCUT2D eigenvalue weighted by atomic mass is 19.4. The first kappa shape index (κ1) is 16.5. The number of ether oxygens (including phenoxy) is 2. The number of carbonyl (C=O) groups excluding carboxylic acids is 1. The number of hydrogen-bond acceptors (Lipinski definition) is 3. The number of fused-ring (bicyclic) bond motifs is 1. The Morgan fingerprint density at radius 3 is 2.59 bits per heavy atom. The first-order valence-electron chi connectivity index (χ1n) is 7.00. The van der Waals surface area contributed by atoms with Crippen molar-refractivity contribution in [2.75, 3.05) is 13.2 Å². The number of amides is 1. The average molecular weight is 316 g/mol. The Bertz CT molecular complexity index is 569. The van der Waals surface area contributed by atoms with Gasteiger partial charge in [-0.1, -0.05) is 17.6 Å². The van der Waals surface area contributed by atoms with E-state index < -0.39 is 24.1 Å². The molecule has 4 nitrogen and oxygen atoms in total. The molecule has 0 saturated heterocycles. The number of nitrogens with zero attached hydrogens (tertiary/aromatic N) is 1. The number of halogens is 3. The number of benzene rings is 1. The van der Waals surface area contributed by atoms with E-state index in [2.05, 4.69) is 0 Å². The third-order valence-corrected chi connectivity index (χ3v) is 3.14. The molecule has 0 spiro atoms. The van der Waals surface area contributed by atoms with Crippen LogP contribution in [0.15, 0.2) is 18.2 Å². The molecular formula is C14H18BF3NO3-. The molecule has 1 aliphatic rings. The van der Waals surface area contributed by atoms with Crippen molar-refractivity contribution in [3.8, 4) is 5.75 Å². The lowest BCUT2D eigenvalue weighted by atomic mass is 9.76. The van der Waals surface area contributed by atoms with Crippen LogP contribution in [0.5, 0.6) is 5.75 Å². The van der Waals surface area contributed by atoms with E-state index in [0.717, 1.165) is 6.07 Å². The minimum Gasteiger partial charge on any atom is -0.492 e. The Morgan fingerprint density at radius 2 is 2.00 bits per heavy atom. The van der Waals surface area contributed by atoms with Crippen LogP contribution in [0.2, 0.25) is 0 Å². The molecule has 1 aliphatic heterocycles.